The summed E-state index contributed by atoms with van der Waals surface area (Å²) in [4.78, 5) is 23.7. The van der Waals surface area contributed by atoms with Crippen LogP contribution in [0.3, 0.4) is 0 Å². The number of nitrogens with one attached hydrogen (secondary N) is 2. The van der Waals surface area contributed by atoms with Crippen molar-refractivity contribution in [2.24, 2.45) is 11.8 Å². The van der Waals surface area contributed by atoms with Crippen molar-refractivity contribution >= 4 is 40.8 Å². The van der Waals surface area contributed by atoms with Crippen molar-refractivity contribution in [2.75, 3.05) is 11.9 Å². The van der Waals surface area contributed by atoms with Gasteiger partial charge in [-0.3, -0.25) is 9.59 Å². The van der Waals surface area contributed by atoms with Crippen molar-refractivity contribution in [1.29, 1.82) is 0 Å². The normalized spacial score (nSPS) is 19.5. The molecule has 0 saturated heterocycles. The number of aryl methyl sites for hydroxylation is 1. The van der Waals surface area contributed by atoms with Gasteiger partial charge < -0.3 is 15.7 Å². The third-order valence-electron chi connectivity index (χ3n) is 6.03. The molecule has 0 spiro atoms. The lowest BCUT2D eigenvalue weighted by Crippen LogP contribution is -2.32. The van der Waals surface area contributed by atoms with Crippen LogP contribution >= 0.6 is 23.2 Å². The highest BCUT2D eigenvalue weighted by Crippen LogP contribution is 2.30. The van der Waals surface area contributed by atoms with Gasteiger partial charge in [0.1, 0.15) is 0 Å². The molecule has 0 unspecified atom stereocenters. The summed E-state index contributed by atoms with van der Waals surface area (Å²) in [7, 11) is 0. The number of carbonyl (C=O) groups excluding carboxylic acids is 1. The highest BCUT2D eigenvalue weighted by atomic mass is 35.5. The van der Waals surface area contributed by atoms with Crippen LogP contribution in [0.1, 0.15) is 60.1 Å². The highest BCUT2D eigenvalue weighted by Gasteiger charge is 2.26. The standard InChI is InChI=1S/C24H28Cl2N2O3/c1-14-11-18(23(29)27-13-16-3-5-17(6-4-16)24(30)31)7-10-22(14)28-15(2)20-12-19(25)8-9-21(20)26/h7-12,15-17,28H,3-6,13H2,1-2H3,(H,27,29)(H,30,31)/t15-,16-,17-/m0/s1. The largest absolute Gasteiger partial charge is 0.481 e. The van der Waals surface area contributed by atoms with Crippen LogP contribution < -0.4 is 10.6 Å². The first-order valence-electron chi connectivity index (χ1n) is 10.6. The molecule has 31 heavy (non-hydrogen) atoms. The van der Waals surface area contributed by atoms with Gasteiger partial charge in [0.05, 0.1) is 12.0 Å². The van der Waals surface area contributed by atoms with Crippen LogP contribution in [-0.4, -0.2) is 23.5 Å². The van der Waals surface area contributed by atoms with E-state index >= 15 is 0 Å². The van der Waals surface area contributed by atoms with E-state index in [9.17, 15) is 9.59 Å². The topological polar surface area (TPSA) is 78.4 Å². The molecule has 7 heteroatoms. The number of anilines is 1. The Kier molecular flexibility index (Phi) is 7.84. The predicted molar refractivity (Wildman–Crippen MR) is 125 cm³/mol. The summed E-state index contributed by atoms with van der Waals surface area (Å²) in [6, 6.07) is 10.9. The SMILES string of the molecule is Cc1cc(C(=O)NC[C@H]2CC[C@H](C(=O)O)CC2)ccc1N[C@@H](C)c1cc(Cl)ccc1Cl. The van der Waals surface area contributed by atoms with E-state index in [1.54, 1.807) is 18.2 Å². The molecule has 1 aliphatic rings. The maximum Gasteiger partial charge on any atom is 0.306 e. The average Bonchev–Trinajstić information content (AvgIpc) is 2.75. The lowest BCUT2D eigenvalue weighted by atomic mass is 9.82. The number of halogens is 2. The zero-order valence-electron chi connectivity index (χ0n) is 17.8. The van der Waals surface area contributed by atoms with E-state index in [1.165, 1.54) is 0 Å². The summed E-state index contributed by atoms with van der Waals surface area (Å²) in [6.45, 7) is 4.55. The third kappa shape index (κ3) is 6.14. The number of aliphatic carboxylic acids is 1. The minimum absolute atomic E-state index is 0.0505. The van der Waals surface area contributed by atoms with E-state index in [2.05, 4.69) is 10.6 Å². The number of carbonyl (C=O) groups is 2. The zero-order chi connectivity index (χ0) is 22.5. The molecule has 2 aromatic carbocycles. The van der Waals surface area contributed by atoms with Crippen molar-refractivity contribution in [3.63, 3.8) is 0 Å². The molecule has 0 heterocycles. The summed E-state index contributed by atoms with van der Waals surface area (Å²) in [5.41, 5.74) is 3.40. The van der Waals surface area contributed by atoms with Crippen molar-refractivity contribution in [2.45, 2.75) is 45.6 Å². The van der Waals surface area contributed by atoms with Gasteiger partial charge in [-0.05, 0) is 93.0 Å². The fraction of sp³-hybridized carbons (Fsp3) is 0.417. The Hall–Kier alpha value is -2.24. The number of amides is 1. The molecule has 0 aromatic heterocycles. The average molecular weight is 463 g/mol. The van der Waals surface area contributed by atoms with Crippen LogP contribution in [0.2, 0.25) is 10.0 Å². The summed E-state index contributed by atoms with van der Waals surface area (Å²) >= 11 is 12.4. The minimum Gasteiger partial charge on any atom is -0.481 e. The van der Waals surface area contributed by atoms with E-state index in [0.717, 1.165) is 29.7 Å². The first-order valence-corrected chi connectivity index (χ1v) is 11.3. The molecule has 3 N–H and O–H groups in total. The molecule has 0 bridgehead atoms. The second kappa shape index (κ2) is 10.4. The molecule has 1 amide bonds. The molecule has 166 valence electrons. The smallest absolute Gasteiger partial charge is 0.306 e. The van der Waals surface area contributed by atoms with Crippen LogP contribution in [0.25, 0.3) is 0 Å². The first-order chi connectivity index (χ1) is 14.7. The second-order valence-corrected chi connectivity index (χ2v) is 9.17. The molecular weight excluding hydrogens is 435 g/mol. The lowest BCUT2D eigenvalue weighted by molar-refractivity contribution is -0.143. The van der Waals surface area contributed by atoms with Gasteiger partial charge in [-0.1, -0.05) is 23.2 Å². The Morgan fingerprint density at radius 1 is 1.10 bits per heavy atom. The van der Waals surface area contributed by atoms with E-state index in [0.29, 0.717) is 40.9 Å². The maximum atomic E-state index is 12.6. The van der Waals surface area contributed by atoms with Crippen molar-refractivity contribution in [3.8, 4) is 0 Å². The summed E-state index contributed by atoms with van der Waals surface area (Å²) < 4.78 is 0. The first kappa shape index (κ1) is 23.4. The lowest BCUT2D eigenvalue weighted by Gasteiger charge is -2.26. The number of rotatable bonds is 7. The molecule has 0 radical (unpaired) electrons. The zero-order valence-corrected chi connectivity index (χ0v) is 19.3. The van der Waals surface area contributed by atoms with Gasteiger partial charge in [0.15, 0.2) is 0 Å². The Balaban J connectivity index is 1.57. The van der Waals surface area contributed by atoms with Crippen LogP contribution in [0.5, 0.6) is 0 Å². The van der Waals surface area contributed by atoms with E-state index < -0.39 is 5.97 Å². The van der Waals surface area contributed by atoms with E-state index in [-0.39, 0.29) is 17.9 Å². The molecule has 1 atom stereocenters. The highest BCUT2D eigenvalue weighted by molar-refractivity contribution is 6.33. The predicted octanol–water partition coefficient (Wildman–Crippen LogP) is 6.10. The van der Waals surface area contributed by atoms with Gasteiger partial charge in [-0.2, -0.15) is 0 Å². The Morgan fingerprint density at radius 3 is 2.45 bits per heavy atom. The maximum absolute atomic E-state index is 12.6. The van der Waals surface area contributed by atoms with Crippen molar-refractivity contribution in [3.05, 3.63) is 63.1 Å². The molecule has 1 saturated carbocycles. The van der Waals surface area contributed by atoms with Crippen LogP contribution in [-0.2, 0) is 4.79 Å². The number of carboxylic acid groups (broad SMARTS) is 1. The summed E-state index contributed by atoms with van der Waals surface area (Å²) in [6.07, 6.45) is 3.04. The molecule has 2 aromatic rings. The fourth-order valence-electron chi connectivity index (χ4n) is 4.08. The van der Waals surface area contributed by atoms with Gasteiger partial charge in [0.2, 0.25) is 0 Å². The monoisotopic (exact) mass is 462 g/mol. The molecule has 1 aliphatic carbocycles. The minimum atomic E-state index is -0.710. The Morgan fingerprint density at radius 2 is 1.81 bits per heavy atom. The van der Waals surface area contributed by atoms with Crippen LogP contribution in [0.15, 0.2) is 36.4 Å². The quantitative estimate of drug-likeness (QED) is 0.464. The fourth-order valence-corrected chi connectivity index (χ4v) is 4.54. The number of carboxylic acids is 1. The van der Waals surface area contributed by atoms with Crippen molar-refractivity contribution < 1.29 is 14.7 Å². The van der Waals surface area contributed by atoms with Gasteiger partial charge in [-0.15, -0.1) is 0 Å². The second-order valence-electron chi connectivity index (χ2n) is 8.33. The number of benzene rings is 2. The van der Waals surface area contributed by atoms with Gasteiger partial charge in [0.25, 0.3) is 5.91 Å². The number of hydrogen-bond donors (Lipinski definition) is 3. The summed E-state index contributed by atoms with van der Waals surface area (Å²) in [5.74, 6) is -0.719. The Bertz CT molecular complexity index is 956. The molecule has 0 aliphatic heterocycles. The van der Waals surface area contributed by atoms with Crippen LogP contribution in [0, 0.1) is 18.8 Å². The molecule has 3 rings (SSSR count). The molecule has 1 fully saturated rings. The van der Waals surface area contributed by atoms with Crippen molar-refractivity contribution in [1.82, 2.24) is 5.32 Å². The van der Waals surface area contributed by atoms with E-state index in [4.69, 9.17) is 28.3 Å². The number of hydrogen-bond acceptors (Lipinski definition) is 3. The molecule has 5 nitrogen and oxygen atoms in total. The third-order valence-corrected chi connectivity index (χ3v) is 6.61. The van der Waals surface area contributed by atoms with Gasteiger partial charge in [-0.25, -0.2) is 0 Å². The van der Waals surface area contributed by atoms with Gasteiger partial charge >= 0.3 is 5.97 Å². The molecular formula is C24H28Cl2N2O3. The Labute approximate surface area is 193 Å². The van der Waals surface area contributed by atoms with E-state index in [1.807, 2.05) is 32.0 Å². The van der Waals surface area contributed by atoms with Crippen LogP contribution in [0.4, 0.5) is 5.69 Å². The summed E-state index contributed by atoms with van der Waals surface area (Å²) in [5, 5.41) is 16.8. The van der Waals surface area contributed by atoms with Gasteiger partial charge in [0, 0.05) is 27.8 Å².